The van der Waals surface area contributed by atoms with Crippen molar-refractivity contribution >= 4 is 55.6 Å². The molecule has 0 spiro atoms. The van der Waals surface area contributed by atoms with Crippen molar-refractivity contribution < 1.29 is 5.11 Å². The van der Waals surface area contributed by atoms with Crippen LogP contribution in [0.5, 0.6) is 0 Å². The number of rotatable bonds is 4. The van der Waals surface area contributed by atoms with Gasteiger partial charge in [0.15, 0.2) is 0 Å². The zero-order chi connectivity index (χ0) is 15.5. The number of halogens is 1. The van der Waals surface area contributed by atoms with E-state index in [9.17, 15) is 5.11 Å². The van der Waals surface area contributed by atoms with Gasteiger partial charge in [-0.15, -0.1) is 0 Å². The van der Waals surface area contributed by atoms with Gasteiger partial charge in [-0.2, -0.15) is 0 Å². The molecular formula is C13H20AsClN4OS2. The summed E-state index contributed by atoms with van der Waals surface area (Å²) in [5.41, 5.74) is 6.30. The van der Waals surface area contributed by atoms with Crippen LogP contribution in [0.4, 0.5) is 11.6 Å². The Morgan fingerprint density at radius 3 is 2.82 bits per heavy atom. The van der Waals surface area contributed by atoms with Gasteiger partial charge in [-0.1, -0.05) is 0 Å². The molecule has 2 atom stereocenters. The molecule has 1 saturated carbocycles. The van der Waals surface area contributed by atoms with Crippen LogP contribution in [0.2, 0.25) is 9.86 Å². The molecular weight excluding hydrogens is 403 g/mol. The number of nitrogens with two attached hydrogens (primary N) is 1. The van der Waals surface area contributed by atoms with Gasteiger partial charge in [-0.05, 0) is 0 Å². The Labute approximate surface area is 146 Å². The molecule has 2 heterocycles. The monoisotopic (exact) mass is 422 g/mol. The third kappa shape index (κ3) is 4.18. The number of aliphatic hydroxyl groups excluding tert-OH is 1. The van der Waals surface area contributed by atoms with E-state index in [2.05, 4.69) is 35.3 Å². The number of hydrogen-bond donors (Lipinski definition) is 3. The summed E-state index contributed by atoms with van der Waals surface area (Å²) in [7, 11) is 4.27. The molecule has 5 nitrogen and oxygen atoms in total. The number of hydrogen-bond acceptors (Lipinski definition) is 7. The van der Waals surface area contributed by atoms with E-state index in [4.69, 9.17) is 17.3 Å². The van der Waals surface area contributed by atoms with Gasteiger partial charge in [0.1, 0.15) is 0 Å². The topological polar surface area (TPSA) is 84.1 Å². The van der Waals surface area contributed by atoms with Crippen molar-refractivity contribution in [3.63, 3.8) is 0 Å². The van der Waals surface area contributed by atoms with E-state index < -0.39 is 12.3 Å². The van der Waals surface area contributed by atoms with Crippen LogP contribution >= 0.6 is 31.6 Å². The van der Waals surface area contributed by atoms with Crippen molar-refractivity contribution in [2.45, 2.75) is 41.7 Å². The zero-order valence-electron chi connectivity index (χ0n) is 12.1. The number of nitrogens with zero attached hydrogens (tertiary/aromatic N) is 2. The zero-order valence-corrected chi connectivity index (χ0v) is 16.4. The molecule has 1 aromatic heterocycles. The molecule has 4 N–H and O–H groups in total. The van der Waals surface area contributed by atoms with Gasteiger partial charge >= 0.3 is 147 Å². The summed E-state index contributed by atoms with van der Waals surface area (Å²) >= 11 is 5.24. The number of aromatic nitrogens is 2. The Bertz CT molecular complexity index is 519. The molecule has 2 fully saturated rings. The third-order valence-corrected chi connectivity index (χ3v) is 20.2. The SMILES string of the molecule is Nc1ncc(NC2CCC([As]3SCC(CO)S3)CC2)c(Cl)n1. The quantitative estimate of drug-likeness (QED) is 0.508. The third-order valence-electron chi connectivity index (χ3n) is 3.96. The Hall–Kier alpha value is 0.188. The van der Waals surface area contributed by atoms with E-state index in [1.807, 2.05) is 0 Å². The second-order valence-electron chi connectivity index (χ2n) is 5.57. The minimum atomic E-state index is -0.861. The van der Waals surface area contributed by atoms with Crippen LogP contribution < -0.4 is 11.1 Å². The number of nitrogens with one attached hydrogen (secondary N) is 1. The van der Waals surface area contributed by atoms with Gasteiger partial charge in [0.2, 0.25) is 0 Å². The van der Waals surface area contributed by atoms with E-state index in [-0.39, 0.29) is 5.95 Å². The van der Waals surface area contributed by atoms with Gasteiger partial charge in [0, 0.05) is 0 Å². The molecule has 0 radical (unpaired) electrons. The Balaban J connectivity index is 1.49. The van der Waals surface area contributed by atoms with Crippen molar-refractivity contribution in [1.82, 2.24) is 9.97 Å². The summed E-state index contributed by atoms with van der Waals surface area (Å²) in [6.07, 6.45) is 6.57. The molecule has 1 aromatic rings. The van der Waals surface area contributed by atoms with Crippen LogP contribution in [-0.2, 0) is 0 Å². The van der Waals surface area contributed by atoms with Crippen LogP contribution in [0.3, 0.4) is 0 Å². The van der Waals surface area contributed by atoms with Crippen LogP contribution in [0.15, 0.2) is 6.20 Å². The molecule has 2 aliphatic rings. The van der Waals surface area contributed by atoms with Crippen LogP contribution in [-0.4, -0.2) is 51.1 Å². The first-order chi connectivity index (χ1) is 10.7. The van der Waals surface area contributed by atoms with Gasteiger partial charge in [-0.25, -0.2) is 0 Å². The number of nitrogen functional groups attached to an aromatic ring is 1. The summed E-state index contributed by atoms with van der Waals surface area (Å²) < 4.78 is 0.898. The molecule has 122 valence electrons. The van der Waals surface area contributed by atoms with Crippen LogP contribution in [0.25, 0.3) is 0 Å². The normalized spacial score (nSPS) is 32.1. The Morgan fingerprint density at radius 2 is 2.18 bits per heavy atom. The molecule has 0 amide bonds. The van der Waals surface area contributed by atoms with Crippen LogP contribution in [0.1, 0.15) is 25.7 Å². The van der Waals surface area contributed by atoms with E-state index in [1.165, 1.54) is 25.7 Å². The standard InChI is InChI=1S/C13H20AsClN4OS2/c15-12-11(5-17-13(16)19-12)18-9-3-1-8(2-4-9)14-21-7-10(6-20)22-14/h5,8-10,18,20H,1-4,6-7H2,(H2,16,17,19). The molecule has 2 unspecified atom stereocenters. The van der Waals surface area contributed by atoms with E-state index in [0.29, 0.717) is 23.1 Å². The average molecular weight is 423 g/mol. The Morgan fingerprint density at radius 1 is 1.41 bits per heavy atom. The fourth-order valence-corrected chi connectivity index (χ4v) is 21.0. The summed E-state index contributed by atoms with van der Waals surface area (Å²) in [5.74, 6) is 1.36. The second kappa shape index (κ2) is 7.84. The van der Waals surface area contributed by atoms with Crippen LogP contribution in [0, 0.1) is 0 Å². The van der Waals surface area contributed by atoms with Gasteiger partial charge < -0.3 is 0 Å². The number of anilines is 2. The van der Waals surface area contributed by atoms with E-state index in [1.54, 1.807) is 6.20 Å². The Kier molecular flexibility index (Phi) is 6.07. The molecule has 0 bridgehead atoms. The first-order valence-electron chi connectivity index (χ1n) is 7.40. The predicted molar refractivity (Wildman–Crippen MR) is 97.8 cm³/mol. The maximum absolute atomic E-state index is 9.28. The van der Waals surface area contributed by atoms with Gasteiger partial charge in [-0.3, -0.25) is 0 Å². The fraction of sp³-hybridized carbons (Fsp3) is 0.692. The van der Waals surface area contributed by atoms with Crippen molar-refractivity contribution in [2.75, 3.05) is 23.4 Å². The second-order valence-corrected chi connectivity index (χ2v) is 18.4. The summed E-state index contributed by atoms with van der Waals surface area (Å²) in [6.45, 7) is 0.343. The van der Waals surface area contributed by atoms with E-state index >= 15 is 0 Å². The van der Waals surface area contributed by atoms with Crippen molar-refractivity contribution in [3.05, 3.63) is 11.3 Å². The summed E-state index contributed by atoms with van der Waals surface area (Å²) in [4.78, 5) is 7.98. The summed E-state index contributed by atoms with van der Waals surface area (Å²) in [6, 6.07) is 0.446. The van der Waals surface area contributed by atoms with Gasteiger partial charge in [0.05, 0.1) is 0 Å². The molecule has 1 saturated heterocycles. The predicted octanol–water partition coefficient (Wildman–Crippen LogP) is 2.77. The molecule has 9 heteroatoms. The number of aliphatic hydroxyl groups is 1. The average Bonchev–Trinajstić information content (AvgIpc) is 3.00. The summed E-state index contributed by atoms with van der Waals surface area (Å²) in [5, 5.41) is 13.6. The molecule has 22 heavy (non-hydrogen) atoms. The molecule has 1 aliphatic carbocycles. The first-order valence-corrected chi connectivity index (χ1v) is 15.2. The fourth-order valence-electron chi connectivity index (χ4n) is 2.76. The van der Waals surface area contributed by atoms with Crippen molar-refractivity contribution in [2.24, 2.45) is 0 Å². The van der Waals surface area contributed by atoms with Crippen molar-refractivity contribution in [1.29, 1.82) is 0 Å². The molecule has 1 aliphatic heterocycles. The van der Waals surface area contributed by atoms with Crippen molar-refractivity contribution in [3.8, 4) is 0 Å². The first kappa shape index (κ1) is 17.0. The maximum atomic E-state index is 9.28. The molecule has 0 aromatic carbocycles. The van der Waals surface area contributed by atoms with Gasteiger partial charge in [0.25, 0.3) is 0 Å². The van der Waals surface area contributed by atoms with E-state index in [0.717, 1.165) is 16.1 Å². The molecule has 3 rings (SSSR count). The minimum absolute atomic E-state index is 0.208.